The zero-order chi connectivity index (χ0) is 17.4. The van der Waals surface area contributed by atoms with Crippen LogP contribution in [0, 0.1) is 0 Å². The molecule has 24 heavy (non-hydrogen) atoms. The molecular formula is C16H20N2O4S2. The predicted octanol–water partition coefficient (Wildman–Crippen LogP) is 1.55. The van der Waals surface area contributed by atoms with Crippen molar-refractivity contribution in [3.63, 3.8) is 0 Å². The zero-order valence-corrected chi connectivity index (χ0v) is 15.0. The van der Waals surface area contributed by atoms with Crippen LogP contribution in [0.3, 0.4) is 0 Å². The summed E-state index contributed by atoms with van der Waals surface area (Å²) in [7, 11) is -1.95. The highest BCUT2D eigenvalue weighted by Crippen LogP contribution is 2.27. The molecule has 0 aliphatic carbocycles. The lowest BCUT2D eigenvalue weighted by Crippen LogP contribution is -2.32. The highest BCUT2D eigenvalue weighted by atomic mass is 32.2. The van der Waals surface area contributed by atoms with Gasteiger partial charge in [-0.15, -0.1) is 11.3 Å². The molecule has 8 heteroatoms. The van der Waals surface area contributed by atoms with Gasteiger partial charge < -0.3 is 15.4 Å². The van der Waals surface area contributed by atoms with Gasteiger partial charge >= 0.3 is 0 Å². The fourth-order valence-corrected chi connectivity index (χ4v) is 4.60. The van der Waals surface area contributed by atoms with Crippen molar-refractivity contribution in [2.45, 2.75) is 9.10 Å². The van der Waals surface area contributed by atoms with E-state index in [0.717, 1.165) is 11.3 Å². The van der Waals surface area contributed by atoms with E-state index < -0.39 is 9.84 Å². The molecular weight excluding hydrogens is 348 g/mol. The van der Waals surface area contributed by atoms with E-state index in [1.54, 1.807) is 37.4 Å². The van der Waals surface area contributed by atoms with Gasteiger partial charge in [0.15, 0.2) is 0 Å². The van der Waals surface area contributed by atoms with Crippen LogP contribution in [0.25, 0.3) is 0 Å². The van der Waals surface area contributed by atoms with Crippen molar-refractivity contribution in [1.29, 1.82) is 0 Å². The highest BCUT2D eigenvalue weighted by Gasteiger charge is 2.21. The summed E-state index contributed by atoms with van der Waals surface area (Å²) in [5.41, 5.74) is 0. The number of carbonyl (C=O) groups excluding carboxylic acids is 1. The second-order valence-corrected chi connectivity index (χ2v) is 8.19. The van der Waals surface area contributed by atoms with Gasteiger partial charge in [-0.1, -0.05) is 18.2 Å². The van der Waals surface area contributed by atoms with Crippen molar-refractivity contribution in [2.24, 2.45) is 0 Å². The van der Waals surface area contributed by atoms with Crippen LogP contribution >= 0.6 is 11.3 Å². The van der Waals surface area contributed by atoms with E-state index in [1.165, 1.54) is 12.1 Å². The van der Waals surface area contributed by atoms with E-state index in [-0.39, 0.29) is 15.0 Å². The van der Waals surface area contributed by atoms with Crippen LogP contribution in [0.1, 0.15) is 9.67 Å². The van der Waals surface area contributed by atoms with E-state index in [9.17, 15) is 13.2 Å². The summed E-state index contributed by atoms with van der Waals surface area (Å²) in [6.45, 7) is 2.40. The number of ether oxygens (including phenoxy) is 1. The Hall–Kier alpha value is -1.74. The van der Waals surface area contributed by atoms with Crippen molar-refractivity contribution < 1.29 is 17.9 Å². The first kappa shape index (κ1) is 18.6. The van der Waals surface area contributed by atoms with Crippen LogP contribution in [0.5, 0.6) is 0 Å². The minimum atomic E-state index is -3.57. The third kappa shape index (κ3) is 4.88. The molecule has 6 nitrogen and oxygen atoms in total. The number of carbonyl (C=O) groups is 1. The summed E-state index contributed by atoms with van der Waals surface area (Å²) in [6, 6.07) is 11.2. The molecule has 0 fully saturated rings. The SMILES string of the molecule is COCCNCCNC(=O)c1ccc(S(=O)(=O)c2ccccc2)s1. The molecule has 2 rings (SSSR count). The van der Waals surface area contributed by atoms with Gasteiger partial charge in [-0.25, -0.2) is 8.42 Å². The molecule has 0 bridgehead atoms. The van der Waals surface area contributed by atoms with Crippen LogP contribution in [-0.4, -0.2) is 47.7 Å². The van der Waals surface area contributed by atoms with Crippen molar-refractivity contribution >= 4 is 27.1 Å². The Balaban J connectivity index is 1.94. The molecule has 0 aliphatic rings. The largest absolute Gasteiger partial charge is 0.383 e. The lowest BCUT2D eigenvalue weighted by molar-refractivity contribution is 0.0957. The van der Waals surface area contributed by atoms with E-state index in [4.69, 9.17) is 4.74 Å². The van der Waals surface area contributed by atoms with E-state index in [1.807, 2.05) is 0 Å². The number of sulfone groups is 1. The fourth-order valence-electron chi connectivity index (χ4n) is 1.95. The van der Waals surface area contributed by atoms with Crippen molar-refractivity contribution in [1.82, 2.24) is 10.6 Å². The molecule has 0 atom stereocenters. The Kier molecular flexibility index (Phi) is 6.92. The number of rotatable bonds is 9. The lowest BCUT2D eigenvalue weighted by atomic mass is 10.4. The number of amides is 1. The monoisotopic (exact) mass is 368 g/mol. The maximum absolute atomic E-state index is 12.5. The Labute approximate surface area is 145 Å². The second-order valence-electron chi connectivity index (χ2n) is 4.93. The highest BCUT2D eigenvalue weighted by molar-refractivity contribution is 7.93. The fraction of sp³-hybridized carbons (Fsp3) is 0.312. The Bertz CT molecular complexity index is 757. The Morgan fingerprint density at radius 1 is 1.08 bits per heavy atom. The smallest absolute Gasteiger partial charge is 0.261 e. The molecule has 0 unspecified atom stereocenters. The first-order valence-corrected chi connectivity index (χ1v) is 9.73. The zero-order valence-electron chi connectivity index (χ0n) is 13.3. The maximum Gasteiger partial charge on any atom is 0.261 e. The molecule has 1 aromatic carbocycles. The Morgan fingerprint density at radius 2 is 1.83 bits per heavy atom. The van der Waals surface area contributed by atoms with Crippen LogP contribution in [-0.2, 0) is 14.6 Å². The Morgan fingerprint density at radius 3 is 2.54 bits per heavy atom. The average molecular weight is 368 g/mol. The summed E-state index contributed by atoms with van der Waals surface area (Å²) >= 11 is 0.974. The van der Waals surface area contributed by atoms with Gasteiger partial charge in [0.1, 0.15) is 4.21 Å². The third-order valence-corrected chi connectivity index (χ3v) is 6.54. The van der Waals surface area contributed by atoms with Crippen LogP contribution in [0.2, 0.25) is 0 Å². The van der Waals surface area contributed by atoms with Gasteiger partial charge in [-0.05, 0) is 24.3 Å². The molecule has 1 aromatic heterocycles. The summed E-state index contributed by atoms with van der Waals surface area (Å²) in [4.78, 5) is 12.7. The molecule has 1 heterocycles. The number of hydrogen-bond donors (Lipinski definition) is 2. The van der Waals surface area contributed by atoms with Gasteiger partial charge in [0, 0.05) is 26.7 Å². The quantitative estimate of drug-likeness (QED) is 0.656. The summed E-state index contributed by atoms with van der Waals surface area (Å²) in [6.07, 6.45) is 0. The van der Waals surface area contributed by atoms with Crippen LogP contribution < -0.4 is 10.6 Å². The predicted molar refractivity (Wildman–Crippen MR) is 93.3 cm³/mol. The summed E-state index contributed by atoms with van der Waals surface area (Å²) < 4.78 is 30.0. The number of benzene rings is 1. The molecule has 130 valence electrons. The molecule has 2 N–H and O–H groups in total. The van der Waals surface area contributed by atoms with Crippen molar-refractivity contribution in [2.75, 3.05) is 33.4 Å². The second kappa shape index (κ2) is 8.93. The molecule has 0 saturated heterocycles. The first-order chi connectivity index (χ1) is 11.6. The van der Waals surface area contributed by atoms with Gasteiger partial charge in [0.25, 0.3) is 5.91 Å². The van der Waals surface area contributed by atoms with Crippen molar-refractivity contribution in [3.05, 3.63) is 47.3 Å². The number of nitrogens with one attached hydrogen (secondary N) is 2. The standard InChI is InChI=1S/C16H20N2O4S2/c1-22-12-11-17-9-10-18-16(19)14-7-8-15(23-14)24(20,21)13-5-3-2-4-6-13/h2-8,17H,9-12H2,1H3,(H,18,19). The first-order valence-electron chi connectivity index (χ1n) is 7.43. The minimum absolute atomic E-state index is 0.164. The normalized spacial score (nSPS) is 11.4. The molecule has 0 radical (unpaired) electrons. The molecule has 1 amide bonds. The van der Waals surface area contributed by atoms with E-state index in [2.05, 4.69) is 10.6 Å². The van der Waals surface area contributed by atoms with Gasteiger partial charge in [0.05, 0.1) is 16.4 Å². The van der Waals surface area contributed by atoms with Gasteiger partial charge in [-0.3, -0.25) is 4.79 Å². The van der Waals surface area contributed by atoms with Crippen LogP contribution in [0.15, 0.2) is 51.6 Å². The molecule has 2 aromatic rings. The third-order valence-electron chi connectivity index (χ3n) is 3.19. The summed E-state index contributed by atoms with van der Waals surface area (Å²) in [5, 5.41) is 5.87. The number of thiophene rings is 1. The van der Waals surface area contributed by atoms with E-state index >= 15 is 0 Å². The topological polar surface area (TPSA) is 84.5 Å². The maximum atomic E-state index is 12.5. The molecule has 0 saturated carbocycles. The van der Waals surface area contributed by atoms with Gasteiger partial charge in [0.2, 0.25) is 9.84 Å². The number of hydrogen-bond acceptors (Lipinski definition) is 6. The molecule has 0 aliphatic heterocycles. The number of methoxy groups -OCH3 is 1. The average Bonchev–Trinajstić information content (AvgIpc) is 3.09. The lowest BCUT2D eigenvalue weighted by Gasteiger charge is -2.05. The molecule has 0 spiro atoms. The summed E-state index contributed by atoms with van der Waals surface area (Å²) in [5.74, 6) is -0.275. The minimum Gasteiger partial charge on any atom is -0.383 e. The van der Waals surface area contributed by atoms with Crippen LogP contribution in [0.4, 0.5) is 0 Å². The van der Waals surface area contributed by atoms with E-state index in [0.29, 0.717) is 31.1 Å². The van der Waals surface area contributed by atoms with Gasteiger partial charge in [-0.2, -0.15) is 0 Å². The van der Waals surface area contributed by atoms with Crippen molar-refractivity contribution in [3.8, 4) is 0 Å².